The summed E-state index contributed by atoms with van der Waals surface area (Å²) in [7, 11) is 5.86. The van der Waals surface area contributed by atoms with Crippen molar-refractivity contribution < 1.29 is 4.79 Å². The highest BCUT2D eigenvalue weighted by molar-refractivity contribution is 14.0. The van der Waals surface area contributed by atoms with Crippen molar-refractivity contribution in [1.82, 2.24) is 14.8 Å². The Bertz CT molecular complexity index is 813. The van der Waals surface area contributed by atoms with Crippen LogP contribution in [0.5, 0.6) is 0 Å². The smallest absolute Gasteiger partial charge is 0.227 e. The quantitative estimate of drug-likeness (QED) is 0.366. The van der Waals surface area contributed by atoms with E-state index in [-0.39, 0.29) is 35.8 Å². The lowest BCUT2D eigenvalue weighted by Gasteiger charge is -2.24. The van der Waals surface area contributed by atoms with E-state index < -0.39 is 0 Å². The van der Waals surface area contributed by atoms with Gasteiger partial charge < -0.3 is 20.1 Å². The minimum Gasteiger partial charge on any atom is -0.353 e. The Labute approximate surface area is 184 Å². The fourth-order valence-electron chi connectivity index (χ4n) is 3.22. The van der Waals surface area contributed by atoms with Crippen molar-refractivity contribution >= 4 is 41.5 Å². The minimum absolute atomic E-state index is 0. The standard InChI is InChI=1S/C21H29N5O.HI/c1-22-21(26(3)15-19-11-6-12-25(19)2)23-14-16-7-4-10-18(13-16)24-20(27)17-8-5-9-17;/h4,6-7,10-13,17H,5,8-9,14-15H2,1-3H3,(H,22,23)(H,24,27);1H. The summed E-state index contributed by atoms with van der Waals surface area (Å²) in [5.41, 5.74) is 3.19. The van der Waals surface area contributed by atoms with E-state index >= 15 is 0 Å². The number of aliphatic imine (C=N–C) groups is 1. The predicted molar refractivity (Wildman–Crippen MR) is 125 cm³/mol. The number of anilines is 1. The van der Waals surface area contributed by atoms with Gasteiger partial charge in [0, 0.05) is 51.2 Å². The van der Waals surface area contributed by atoms with Gasteiger partial charge >= 0.3 is 0 Å². The van der Waals surface area contributed by atoms with Gasteiger partial charge in [-0.2, -0.15) is 0 Å². The number of halogens is 1. The molecule has 1 aromatic carbocycles. The summed E-state index contributed by atoms with van der Waals surface area (Å²) in [6.07, 6.45) is 5.23. The molecule has 2 N–H and O–H groups in total. The van der Waals surface area contributed by atoms with Crippen LogP contribution in [0.3, 0.4) is 0 Å². The van der Waals surface area contributed by atoms with Gasteiger partial charge in [-0.3, -0.25) is 9.79 Å². The van der Waals surface area contributed by atoms with E-state index in [4.69, 9.17) is 0 Å². The van der Waals surface area contributed by atoms with Gasteiger partial charge in [-0.25, -0.2) is 0 Å². The molecule has 152 valence electrons. The second-order valence-electron chi connectivity index (χ2n) is 7.18. The fraction of sp³-hybridized carbons (Fsp3) is 0.429. The molecule has 3 rings (SSSR count). The van der Waals surface area contributed by atoms with Gasteiger partial charge in [-0.05, 0) is 42.7 Å². The first-order chi connectivity index (χ1) is 13.1. The van der Waals surface area contributed by atoms with Crippen molar-refractivity contribution in [2.75, 3.05) is 19.4 Å². The Morgan fingerprint density at radius 3 is 2.68 bits per heavy atom. The fourth-order valence-corrected chi connectivity index (χ4v) is 3.22. The monoisotopic (exact) mass is 495 g/mol. The molecule has 6 nitrogen and oxygen atoms in total. The molecule has 0 aliphatic heterocycles. The second kappa shape index (κ2) is 10.5. The maximum absolute atomic E-state index is 12.1. The summed E-state index contributed by atoms with van der Waals surface area (Å²) in [4.78, 5) is 18.6. The summed E-state index contributed by atoms with van der Waals surface area (Å²) >= 11 is 0. The SMILES string of the molecule is CN=C(NCc1cccc(NC(=O)C2CCC2)c1)N(C)Cc1cccn1C.I. The van der Waals surface area contributed by atoms with Crippen molar-refractivity contribution in [1.29, 1.82) is 0 Å². The molecular formula is C21H30IN5O. The molecule has 1 fully saturated rings. The van der Waals surface area contributed by atoms with Crippen LogP contribution in [0.1, 0.15) is 30.5 Å². The summed E-state index contributed by atoms with van der Waals surface area (Å²) in [6.45, 7) is 1.43. The lowest BCUT2D eigenvalue weighted by Crippen LogP contribution is -2.38. The second-order valence-corrected chi connectivity index (χ2v) is 7.18. The minimum atomic E-state index is 0. The Hall–Kier alpha value is -2.03. The maximum Gasteiger partial charge on any atom is 0.227 e. The number of amides is 1. The third-order valence-electron chi connectivity index (χ3n) is 5.14. The third-order valence-corrected chi connectivity index (χ3v) is 5.14. The molecule has 0 radical (unpaired) electrons. The molecule has 1 aliphatic carbocycles. The molecule has 1 amide bonds. The third kappa shape index (κ3) is 5.73. The van der Waals surface area contributed by atoms with Crippen molar-refractivity contribution in [3.63, 3.8) is 0 Å². The van der Waals surface area contributed by atoms with Crippen molar-refractivity contribution in [3.05, 3.63) is 53.9 Å². The molecule has 1 aliphatic rings. The first-order valence-electron chi connectivity index (χ1n) is 9.48. The molecule has 1 saturated carbocycles. The van der Waals surface area contributed by atoms with E-state index in [0.717, 1.165) is 43.0 Å². The number of hydrogen-bond donors (Lipinski definition) is 2. The topological polar surface area (TPSA) is 61.7 Å². The first-order valence-corrected chi connectivity index (χ1v) is 9.48. The van der Waals surface area contributed by atoms with Crippen LogP contribution in [0.25, 0.3) is 0 Å². The highest BCUT2D eigenvalue weighted by Crippen LogP contribution is 2.27. The number of nitrogens with zero attached hydrogens (tertiary/aromatic N) is 3. The van der Waals surface area contributed by atoms with Gasteiger partial charge in [0.25, 0.3) is 0 Å². The lowest BCUT2D eigenvalue weighted by molar-refractivity contribution is -0.122. The summed E-state index contributed by atoms with van der Waals surface area (Å²) in [6, 6.07) is 12.1. The molecule has 2 aromatic rings. The number of nitrogens with one attached hydrogen (secondary N) is 2. The number of guanidine groups is 1. The molecular weight excluding hydrogens is 465 g/mol. The van der Waals surface area contributed by atoms with Gasteiger partial charge in [-0.1, -0.05) is 18.6 Å². The zero-order valence-corrected chi connectivity index (χ0v) is 19.1. The van der Waals surface area contributed by atoms with E-state index in [9.17, 15) is 4.79 Å². The van der Waals surface area contributed by atoms with Crippen LogP contribution in [0.2, 0.25) is 0 Å². The molecule has 1 heterocycles. The predicted octanol–water partition coefficient (Wildman–Crippen LogP) is 3.59. The number of aryl methyl sites for hydroxylation is 1. The number of benzene rings is 1. The molecule has 0 atom stereocenters. The van der Waals surface area contributed by atoms with Crippen molar-refractivity contribution in [2.24, 2.45) is 18.0 Å². The van der Waals surface area contributed by atoms with Crippen molar-refractivity contribution in [3.8, 4) is 0 Å². The van der Waals surface area contributed by atoms with Crippen LogP contribution >= 0.6 is 24.0 Å². The highest BCUT2D eigenvalue weighted by Gasteiger charge is 2.25. The number of carbonyl (C=O) groups excluding carboxylic acids is 1. The Morgan fingerprint density at radius 2 is 2.07 bits per heavy atom. The van der Waals surface area contributed by atoms with Gasteiger partial charge in [0.15, 0.2) is 5.96 Å². The summed E-state index contributed by atoms with van der Waals surface area (Å²) in [5, 5.41) is 6.43. The van der Waals surface area contributed by atoms with Gasteiger partial charge in [0.2, 0.25) is 5.91 Å². The average molecular weight is 495 g/mol. The summed E-state index contributed by atoms with van der Waals surface area (Å²) in [5.74, 6) is 1.17. The molecule has 1 aromatic heterocycles. The van der Waals surface area contributed by atoms with Crippen LogP contribution in [-0.2, 0) is 24.9 Å². The number of hydrogen-bond acceptors (Lipinski definition) is 2. The van der Waals surface area contributed by atoms with Crippen LogP contribution in [0.15, 0.2) is 47.6 Å². The molecule has 0 unspecified atom stereocenters. The number of rotatable bonds is 6. The average Bonchev–Trinajstić information content (AvgIpc) is 2.99. The number of aromatic nitrogens is 1. The number of carbonyl (C=O) groups is 1. The van der Waals surface area contributed by atoms with Crippen molar-refractivity contribution in [2.45, 2.75) is 32.4 Å². The van der Waals surface area contributed by atoms with Crippen LogP contribution < -0.4 is 10.6 Å². The van der Waals surface area contributed by atoms with Crippen LogP contribution in [0.4, 0.5) is 5.69 Å². The first kappa shape index (κ1) is 22.3. The molecule has 0 bridgehead atoms. The Balaban J connectivity index is 0.00000280. The van der Waals surface area contributed by atoms with E-state index in [1.54, 1.807) is 7.05 Å². The molecule has 0 spiro atoms. The molecule has 0 saturated heterocycles. The maximum atomic E-state index is 12.1. The zero-order valence-electron chi connectivity index (χ0n) is 16.8. The Morgan fingerprint density at radius 1 is 1.29 bits per heavy atom. The van der Waals surface area contributed by atoms with E-state index in [1.165, 1.54) is 5.69 Å². The molecule has 28 heavy (non-hydrogen) atoms. The lowest BCUT2D eigenvalue weighted by atomic mass is 9.85. The van der Waals surface area contributed by atoms with E-state index in [1.807, 2.05) is 44.6 Å². The van der Waals surface area contributed by atoms with Crippen LogP contribution in [0, 0.1) is 5.92 Å². The van der Waals surface area contributed by atoms with Gasteiger partial charge in [-0.15, -0.1) is 24.0 Å². The largest absolute Gasteiger partial charge is 0.353 e. The molecule has 7 heteroatoms. The summed E-state index contributed by atoms with van der Waals surface area (Å²) < 4.78 is 2.11. The van der Waals surface area contributed by atoms with E-state index in [2.05, 4.69) is 37.2 Å². The highest BCUT2D eigenvalue weighted by atomic mass is 127. The Kier molecular flexibility index (Phi) is 8.35. The van der Waals surface area contributed by atoms with Gasteiger partial charge in [0.05, 0.1) is 6.54 Å². The van der Waals surface area contributed by atoms with E-state index in [0.29, 0.717) is 6.54 Å². The van der Waals surface area contributed by atoms with Crippen LogP contribution in [-0.4, -0.2) is 35.4 Å². The zero-order chi connectivity index (χ0) is 19.2. The van der Waals surface area contributed by atoms with Gasteiger partial charge in [0.1, 0.15) is 0 Å². The normalized spacial score (nSPS) is 14.0.